The average molecular weight is 251 g/mol. The van der Waals surface area contributed by atoms with Crippen molar-refractivity contribution in [2.45, 2.75) is 13.5 Å². The largest absolute Gasteiger partial charge is 0.465 e. The minimum Gasteiger partial charge on any atom is -0.465 e. The molecule has 0 radical (unpaired) electrons. The van der Waals surface area contributed by atoms with Gasteiger partial charge in [-0.25, -0.2) is 4.79 Å². The number of ether oxygens (including phenoxy) is 2. The second kappa shape index (κ2) is 7.84. The molecule has 0 unspecified atom stereocenters. The van der Waals surface area contributed by atoms with Gasteiger partial charge in [-0.1, -0.05) is 18.2 Å². The summed E-state index contributed by atoms with van der Waals surface area (Å²) in [6, 6.07) is 7.51. The molecule has 0 heterocycles. The van der Waals surface area contributed by atoms with Gasteiger partial charge in [-0.3, -0.25) is 4.90 Å². The zero-order valence-corrected chi connectivity index (χ0v) is 11.3. The molecule has 0 aliphatic carbocycles. The second-order valence-electron chi connectivity index (χ2n) is 4.08. The van der Waals surface area contributed by atoms with Crippen molar-refractivity contribution in [1.82, 2.24) is 4.90 Å². The van der Waals surface area contributed by atoms with Crippen LogP contribution in [0, 0.1) is 0 Å². The Labute approximate surface area is 108 Å². The van der Waals surface area contributed by atoms with E-state index in [1.165, 1.54) is 7.11 Å². The molecule has 0 aliphatic heterocycles. The van der Waals surface area contributed by atoms with E-state index in [0.717, 1.165) is 18.7 Å². The van der Waals surface area contributed by atoms with Gasteiger partial charge < -0.3 is 9.47 Å². The van der Waals surface area contributed by atoms with Crippen LogP contribution in [0.2, 0.25) is 0 Å². The van der Waals surface area contributed by atoms with Crippen molar-refractivity contribution in [3.05, 3.63) is 35.4 Å². The SMILES string of the molecule is CCOCCN(C)Cc1ccccc1C(=O)OC. The third-order valence-corrected chi connectivity index (χ3v) is 2.68. The Morgan fingerprint density at radius 2 is 2.06 bits per heavy atom. The lowest BCUT2D eigenvalue weighted by atomic mass is 10.1. The number of likely N-dealkylation sites (N-methyl/N-ethyl adjacent to an activating group) is 1. The Morgan fingerprint density at radius 3 is 2.72 bits per heavy atom. The molecular formula is C14H21NO3. The first-order valence-corrected chi connectivity index (χ1v) is 6.11. The molecule has 18 heavy (non-hydrogen) atoms. The summed E-state index contributed by atoms with van der Waals surface area (Å²) >= 11 is 0. The Balaban J connectivity index is 2.63. The fourth-order valence-electron chi connectivity index (χ4n) is 1.70. The minimum absolute atomic E-state index is 0.288. The molecule has 0 spiro atoms. The van der Waals surface area contributed by atoms with Crippen LogP contribution in [0.4, 0.5) is 0 Å². The number of benzene rings is 1. The zero-order valence-electron chi connectivity index (χ0n) is 11.3. The van der Waals surface area contributed by atoms with Gasteiger partial charge in [0.1, 0.15) is 0 Å². The number of methoxy groups -OCH3 is 1. The highest BCUT2D eigenvalue weighted by molar-refractivity contribution is 5.90. The molecule has 0 atom stereocenters. The van der Waals surface area contributed by atoms with Crippen LogP contribution in [-0.4, -0.2) is 44.8 Å². The lowest BCUT2D eigenvalue weighted by molar-refractivity contribution is 0.0598. The van der Waals surface area contributed by atoms with E-state index in [9.17, 15) is 4.79 Å². The van der Waals surface area contributed by atoms with Crippen molar-refractivity contribution >= 4 is 5.97 Å². The Hall–Kier alpha value is -1.39. The van der Waals surface area contributed by atoms with E-state index in [2.05, 4.69) is 4.90 Å². The van der Waals surface area contributed by atoms with Crippen molar-refractivity contribution in [2.24, 2.45) is 0 Å². The predicted octanol–water partition coefficient (Wildman–Crippen LogP) is 1.94. The first-order valence-electron chi connectivity index (χ1n) is 6.11. The number of carbonyl (C=O) groups is 1. The maximum absolute atomic E-state index is 11.6. The summed E-state index contributed by atoms with van der Waals surface area (Å²) in [5.74, 6) is -0.288. The van der Waals surface area contributed by atoms with Gasteiger partial charge in [0.25, 0.3) is 0 Å². The Bertz CT molecular complexity index is 379. The first kappa shape index (κ1) is 14.7. The van der Waals surface area contributed by atoms with Crippen LogP contribution in [0.15, 0.2) is 24.3 Å². The van der Waals surface area contributed by atoms with E-state index in [0.29, 0.717) is 18.7 Å². The maximum Gasteiger partial charge on any atom is 0.338 e. The first-order chi connectivity index (χ1) is 8.69. The minimum atomic E-state index is -0.288. The van der Waals surface area contributed by atoms with Gasteiger partial charge in [0.15, 0.2) is 0 Å². The fraction of sp³-hybridized carbons (Fsp3) is 0.500. The summed E-state index contributed by atoms with van der Waals surface area (Å²) in [7, 11) is 3.41. The average Bonchev–Trinajstić information content (AvgIpc) is 2.39. The number of nitrogens with zero attached hydrogens (tertiary/aromatic N) is 1. The Morgan fingerprint density at radius 1 is 1.33 bits per heavy atom. The molecule has 0 bridgehead atoms. The van der Waals surface area contributed by atoms with Crippen LogP contribution in [0.25, 0.3) is 0 Å². The molecule has 0 saturated heterocycles. The monoisotopic (exact) mass is 251 g/mol. The predicted molar refractivity (Wildman–Crippen MR) is 70.6 cm³/mol. The molecule has 0 aliphatic rings. The normalized spacial score (nSPS) is 10.7. The molecule has 0 amide bonds. The van der Waals surface area contributed by atoms with Crippen LogP contribution in [0.3, 0.4) is 0 Å². The van der Waals surface area contributed by atoms with Gasteiger partial charge in [0.2, 0.25) is 0 Å². The van der Waals surface area contributed by atoms with E-state index < -0.39 is 0 Å². The van der Waals surface area contributed by atoms with Crippen LogP contribution in [0.5, 0.6) is 0 Å². The van der Waals surface area contributed by atoms with Gasteiger partial charge in [-0.2, -0.15) is 0 Å². The van der Waals surface area contributed by atoms with E-state index in [1.54, 1.807) is 6.07 Å². The van der Waals surface area contributed by atoms with Gasteiger partial charge in [0.05, 0.1) is 19.3 Å². The highest BCUT2D eigenvalue weighted by Gasteiger charge is 2.12. The zero-order chi connectivity index (χ0) is 13.4. The van der Waals surface area contributed by atoms with Crippen molar-refractivity contribution in [2.75, 3.05) is 33.9 Å². The van der Waals surface area contributed by atoms with Gasteiger partial charge in [0, 0.05) is 19.7 Å². The molecule has 4 nitrogen and oxygen atoms in total. The van der Waals surface area contributed by atoms with Gasteiger partial charge >= 0.3 is 5.97 Å². The molecule has 0 fully saturated rings. The van der Waals surface area contributed by atoms with E-state index in [-0.39, 0.29) is 5.97 Å². The summed E-state index contributed by atoms with van der Waals surface area (Å²) in [6.45, 7) is 4.95. The molecule has 1 aromatic rings. The standard InChI is InChI=1S/C14H21NO3/c1-4-18-10-9-15(2)11-12-7-5-6-8-13(12)14(16)17-3/h5-8H,4,9-11H2,1-3H3. The Kier molecular flexibility index (Phi) is 6.39. The van der Waals surface area contributed by atoms with Gasteiger partial charge in [-0.15, -0.1) is 0 Å². The van der Waals surface area contributed by atoms with Gasteiger partial charge in [-0.05, 0) is 25.6 Å². The third-order valence-electron chi connectivity index (χ3n) is 2.68. The maximum atomic E-state index is 11.6. The quantitative estimate of drug-likeness (QED) is 0.548. The lowest BCUT2D eigenvalue weighted by Gasteiger charge is -2.18. The highest BCUT2D eigenvalue weighted by Crippen LogP contribution is 2.12. The van der Waals surface area contributed by atoms with Crippen LogP contribution in [-0.2, 0) is 16.0 Å². The number of carbonyl (C=O) groups excluding carboxylic acids is 1. The molecular weight excluding hydrogens is 230 g/mol. The molecule has 1 rings (SSSR count). The fourth-order valence-corrected chi connectivity index (χ4v) is 1.70. The smallest absolute Gasteiger partial charge is 0.338 e. The van der Waals surface area contributed by atoms with Crippen LogP contribution >= 0.6 is 0 Å². The number of rotatable bonds is 7. The number of esters is 1. The molecule has 1 aromatic carbocycles. The highest BCUT2D eigenvalue weighted by atomic mass is 16.5. The number of hydrogen-bond donors (Lipinski definition) is 0. The van der Waals surface area contributed by atoms with Crippen molar-refractivity contribution in [3.8, 4) is 0 Å². The summed E-state index contributed by atoms with van der Waals surface area (Å²) in [4.78, 5) is 13.7. The summed E-state index contributed by atoms with van der Waals surface area (Å²) in [6.07, 6.45) is 0. The van der Waals surface area contributed by atoms with Crippen LogP contribution in [0.1, 0.15) is 22.8 Å². The molecule has 4 heteroatoms. The molecule has 0 aromatic heterocycles. The summed E-state index contributed by atoms with van der Waals surface area (Å²) in [5, 5.41) is 0. The van der Waals surface area contributed by atoms with E-state index in [4.69, 9.17) is 9.47 Å². The summed E-state index contributed by atoms with van der Waals surface area (Å²) in [5.41, 5.74) is 1.60. The number of hydrogen-bond acceptors (Lipinski definition) is 4. The summed E-state index contributed by atoms with van der Waals surface area (Å²) < 4.78 is 10.1. The molecule has 0 saturated carbocycles. The van der Waals surface area contributed by atoms with Crippen LogP contribution < -0.4 is 0 Å². The molecule has 0 N–H and O–H groups in total. The molecule has 100 valence electrons. The van der Waals surface area contributed by atoms with E-state index >= 15 is 0 Å². The topological polar surface area (TPSA) is 38.8 Å². The van der Waals surface area contributed by atoms with Crippen molar-refractivity contribution < 1.29 is 14.3 Å². The second-order valence-corrected chi connectivity index (χ2v) is 4.08. The lowest BCUT2D eigenvalue weighted by Crippen LogP contribution is -2.24. The van der Waals surface area contributed by atoms with Crippen molar-refractivity contribution in [1.29, 1.82) is 0 Å². The third kappa shape index (κ3) is 4.47. The van der Waals surface area contributed by atoms with Crippen molar-refractivity contribution in [3.63, 3.8) is 0 Å². The van der Waals surface area contributed by atoms with E-state index in [1.807, 2.05) is 32.2 Å².